The molecule has 1 fully saturated rings. The SMILES string of the molecule is CCOC(=O)c1nnn(Cc2ccco2)c1C1CC1. The molecule has 1 aliphatic rings. The van der Waals surface area contributed by atoms with Gasteiger partial charge in [0.2, 0.25) is 0 Å². The fourth-order valence-corrected chi connectivity index (χ4v) is 2.09. The van der Waals surface area contributed by atoms with Crippen molar-refractivity contribution in [3.05, 3.63) is 35.5 Å². The Bertz CT molecular complexity index is 570. The van der Waals surface area contributed by atoms with Crippen molar-refractivity contribution in [2.45, 2.75) is 32.2 Å². The van der Waals surface area contributed by atoms with Gasteiger partial charge in [-0.2, -0.15) is 0 Å². The molecule has 2 heterocycles. The summed E-state index contributed by atoms with van der Waals surface area (Å²) in [6.45, 7) is 2.61. The van der Waals surface area contributed by atoms with Gasteiger partial charge in [0.05, 0.1) is 18.6 Å². The van der Waals surface area contributed by atoms with Crippen LogP contribution in [-0.4, -0.2) is 27.6 Å². The Morgan fingerprint density at radius 1 is 1.58 bits per heavy atom. The number of hydrogen-bond donors (Lipinski definition) is 0. The van der Waals surface area contributed by atoms with Gasteiger partial charge in [0.15, 0.2) is 5.69 Å². The number of nitrogens with zero attached hydrogens (tertiary/aromatic N) is 3. The average Bonchev–Trinajstić information content (AvgIpc) is 2.95. The number of carbonyl (C=O) groups excluding carboxylic acids is 1. The van der Waals surface area contributed by atoms with Crippen molar-refractivity contribution in [2.75, 3.05) is 6.61 Å². The van der Waals surface area contributed by atoms with Crippen LogP contribution in [0.5, 0.6) is 0 Å². The second-order valence-electron chi connectivity index (χ2n) is 4.56. The van der Waals surface area contributed by atoms with Crippen molar-refractivity contribution >= 4 is 5.97 Å². The zero-order valence-electron chi connectivity index (χ0n) is 10.7. The third-order valence-corrected chi connectivity index (χ3v) is 3.09. The number of aromatic nitrogens is 3. The molecule has 0 aromatic carbocycles. The van der Waals surface area contributed by atoms with E-state index in [9.17, 15) is 4.79 Å². The Balaban J connectivity index is 1.90. The van der Waals surface area contributed by atoms with E-state index in [-0.39, 0.29) is 0 Å². The van der Waals surface area contributed by atoms with Crippen molar-refractivity contribution in [1.29, 1.82) is 0 Å². The van der Waals surface area contributed by atoms with E-state index in [0.717, 1.165) is 24.3 Å². The molecular formula is C13H15N3O3. The fraction of sp³-hybridized carbons (Fsp3) is 0.462. The minimum Gasteiger partial charge on any atom is -0.467 e. The highest BCUT2D eigenvalue weighted by Gasteiger charge is 2.34. The Morgan fingerprint density at radius 2 is 2.42 bits per heavy atom. The number of carbonyl (C=O) groups is 1. The van der Waals surface area contributed by atoms with E-state index in [1.54, 1.807) is 17.9 Å². The lowest BCUT2D eigenvalue weighted by Crippen LogP contribution is -2.10. The molecule has 6 nitrogen and oxygen atoms in total. The van der Waals surface area contributed by atoms with Crippen molar-refractivity contribution < 1.29 is 13.9 Å². The van der Waals surface area contributed by atoms with Crippen LogP contribution in [0.1, 0.15) is 47.6 Å². The maximum Gasteiger partial charge on any atom is 0.360 e. The molecule has 2 aromatic rings. The smallest absolute Gasteiger partial charge is 0.360 e. The summed E-state index contributed by atoms with van der Waals surface area (Å²) in [5.74, 6) is 0.765. The minimum absolute atomic E-state index is 0.341. The standard InChI is InChI=1S/C13H15N3O3/c1-2-18-13(17)11-12(9-5-6-9)16(15-14-11)8-10-4-3-7-19-10/h3-4,7,9H,2,5-6,8H2,1H3. The zero-order valence-corrected chi connectivity index (χ0v) is 10.7. The zero-order chi connectivity index (χ0) is 13.2. The van der Waals surface area contributed by atoms with E-state index < -0.39 is 5.97 Å². The van der Waals surface area contributed by atoms with Crippen molar-refractivity contribution in [3.63, 3.8) is 0 Å². The first-order valence-electron chi connectivity index (χ1n) is 6.42. The number of furan rings is 1. The van der Waals surface area contributed by atoms with Crippen LogP contribution in [0.15, 0.2) is 22.8 Å². The van der Waals surface area contributed by atoms with Crippen molar-refractivity contribution in [3.8, 4) is 0 Å². The molecule has 0 atom stereocenters. The van der Waals surface area contributed by atoms with Gasteiger partial charge >= 0.3 is 5.97 Å². The lowest BCUT2D eigenvalue weighted by Gasteiger charge is -2.05. The molecule has 0 N–H and O–H groups in total. The second kappa shape index (κ2) is 4.87. The molecule has 0 bridgehead atoms. The normalized spacial score (nSPS) is 14.6. The van der Waals surface area contributed by atoms with Crippen LogP contribution in [0, 0.1) is 0 Å². The minimum atomic E-state index is -0.393. The molecule has 0 radical (unpaired) electrons. The number of ether oxygens (including phenoxy) is 1. The number of esters is 1. The molecule has 0 unspecified atom stereocenters. The molecule has 1 saturated carbocycles. The Kier molecular flexibility index (Phi) is 3.06. The monoisotopic (exact) mass is 261 g/mol. The van der Waals surface area contributed by atoms with Crippen LogP contribution in [0.3, 0.4) is 0 Å². The summed E-state index contributed by atoms with van der Waals surface area (Å²) in [5, 5.41) is 8.03. The molecule has 19 heavy (non-hydrogen) atoms. The Morgan fingerprint density at radius 3 is 3.05 bits per heavy atom. The summed E-state index contributed by atoms with van der Waals surface area (Å²) in [4.78, 5) is 11.9. The molecule has 6 heteroatoms. The molecule has 100 valence electrons. The molecule has 2 aromatic heterocycles. The predicted molar refractivity (Wildman–Crippen MR) is 65.8 cm³/mol. The van der Waals surface area contributed by atoms with Gasteiger partial charge in [-0.25, -0.2) is 9.48 Å². The van der Waals surface area contributed by atoms with Gasteiger partial charge in [-0.05, 0) is 31.9 Å². The highest BCUT2D eigenvalue weighted by Crippen LogP contribution is 2.41. The van der Waals surface area contributed by atoms with Gasteiger partial charge in [0.1, 0.15) is 12.3 Å². The highest BCUT2D eigenvalue weighted by molar-refractivity contribution is 5.88. The first kappa shape index (κ1) is 12.0. The van der Waals surface area contributed by atoms with Crippen LogP contribution in [0.4, 0.5) is 0 Å². The van der Waals surface area contributed by atoms with Gasteiger partial charge in [0, 0.05) is 5.92 Å². The second-order valence-corrected chi connectivity index (χ2v) is 4.56. The summed E-state index contributed by atoms with van der Waals surface area (Å²) in [5.41, 5.74) is 1.21. The van der Waals surface area contributed by atoms with Crippen LogP contribution in [0.2, 0.25) is 0 Å². The van der Waals surface area contributed by atoms with Crippen LogP contribution < -0.4 is 0 Å². The molecule has 3 rings (SSSR count). The third kappa shape index (κ3) is 2.38. The van der Waals surface area contributed by atoms with E-state index in [4.69, 9.17) is 9.15 Å². The summed E-state index contributed by atoms with van der Waals surface area (Å²) < 4.78 is 12.1. The molecular weight excluding hydrogens is 246 g/mol. The van der Waals surface area contributed by atoms with Crippen molar-refractivity contribution in [1.82, 2.24) is 15.0 Å². The third-order valence-electron chi connectivity index (χ3n) is 3.09. The molecule has 0 spiro atoms. The van der Waals surface area contributed by atoms with E-state index in [1.165, 1.54) is 0 Å². The molecule has 0 aliphatic heterocycles. The molecule has 1 aliphatic carbocycles. The maximum atomic E-state index is 11.9. The lowest BCUT2D eigenvalue weighted by atomic mass is 10.2. The average molecular weight is 261 g/mol. The Hall–Kier alpha value is -2.11. The topological polar surface area (TPSA) is 70.2 Å². The van der Waals surface area contributed by atoms with E-state index >= 15 is 0 Å². The largest absolute Gasteiger partial charge is 0.467 e. The van der Waals surface area contributed by atoms with Crippen LogP contribution in [0.25, 0.3) is 0 Å². The Labute approximate surface area is 110 Å². The number of hydrogen-bond acceptors (Lipinski definition) is 5. The predicted octanol–water partition coefficient (Wildman–Crippen LogP) is 1.97. The quantitative estimate of drug-likeness (QED) is 0.769. The highest BCUT2D eigenvalue weighted by atomic mass is 16.5. The summed E-state index contributed by atoms with van der Waals surface area (Å²) in [7, 11) is 0. The van der Waals surface area contributed by atoms with E-state index in [2.05, 4.69) is 10.3 Å². The van der Waals surface area contributed by atoms with Gasteiger partial charge < -0.3 is 9.15 Å². The van der Waals surface area contributed by atoms with Gasteiger partial charge in [-0.3, -0.25) is 0 Å². The first-order valence-corrected chi connectivity index (χ1v) is 6.42. The maximum absolute atomic E-state index is 11.9. The van der Waals surface area contributed by atoms with E-state index in [1.807, 2.05) is 12.1 Å². The van der Waals surface area contributed by atoms with E-state index in [0.29, 0.717) is 24.8 Å². The van der Waals surface area contributed by atoms with Gasteiger partial charge in [0.25, 0.3) is 0 Å². The van der Waals surface area contributed by atoms with Gasteiger partial charge in [-0.1, -0.05) is 5.21 Å². The summed E-state index contributed by atoms with van der Waals surface area (Å²) in [6, 6.07) is 3.71. The summed E-state index contributed by atoms with van der Waals surface area (Å²) in [6.07, 6.45) is 3.76. The molecule has 0 amide bonds. The van der Waals surface area contributed by atoms with Crippen LogP contribution in [-0.2, 0) is 11.3 Å². The lowest BCUT2D eigenvalue weighted by molar-refractivity contribution is 0.0518. The fourth-order valence-electron chi connectivity index (χ4n) is 2.09. The van der Waals surface area contributed by atoms with Crippen LogP contribution >= 0.6 is 0 Å². The van der Waals surface area contributed by atoms with Crippen molar-refractivity contribution in [2.24, 2.45) is 0 Å². The van der Waals surface area contributed by atoms with Gasteiger partial charge in [-0.15, -0.1) is 5.10 Å². The first-order chi connectivity index (χ1) is 9.29. The summed E-state index contributed by atoms with van der Waals surface area (Å²) >= 11 is 0. The molecule has 0 saturated heterocycles. The number of rotatable bonds is 5.